The van der Waals surface area contributed by atoms with E-state index in [1.165, 1.54) is 11.1 Å². The molecule has 0 bridgehead atoms. The van der Waals surface area contributed by atoms with Gasteiger partial charge >= 0.3 is 0 Å². The minimum atomic E-state index is -0.109. The van der Waals surface area contributed by atoms with Crippen molar-refractivity contribution >= 4 is 11.8 Å². The summed E-state index contributed by atoms with van der Waals surface area (Å²) in [5.74, 6) is 0.702. The molecule has 2 amide bonds. The lowest BCUT2D eigenvalue weighted by Gasteiger charge is -2.37. The fourth-order valence-corrected chi connectivity index (χ4v) is 3.69. The molecule has 1 fully saturated rings. The first-order chi connectivity index (χ1) is 11.2. The molecule has 0 radical (unpaired) electrons. The van der Waals surface area contributed by atoms with Gasteiger partial charge in [-0.15, -0.1) is 0 Å². The summed E-state index contributed by atoms with van der Waals surface area (Å²) in [6.45, 7) is 2.44. The number of hydrogen-bond donors (Lipinski definition) is 2. The Morgan fingerprint density at radius 1 is 1.30 bits per heavy atom. The van der Waals surface area contributed by atoms with E-state index in [1.807, 2.05) is 6.07 Å². The number of hydrogen-bond acceptors (Lipinski definition) is 3. The van der Waals surface area contributed by atoms with Crippen molar-refractivity contribution in [3.05, 3.63) is 35.4 Å². The molecule has 5 nitrogen and oxygen atoms in total. The van der Waals surface area contributed by atoms with Crippen molar-refractivity contribution in [1.29, 1.82) is 0 Å². The van der Waals surface area contributed by atoms with E-state index in [2.05, 4.69) is 33.7 Å². The predicted octanol–water partition coefficient (Wildman–Crippen LogP) is 1.08. The van der Waals surface area contributed by atoms with Crippen molar-refractivity contribution in [1.82, 2.24) is 15.5 Å². The number of amides is 2. The van der Waals surface area contributed by atoms with Gasteiger partial charge in [0.05, 0.1) is 6.04 Å². The number of rotatable bonds is 3. The smallest absolute Gasteiger partial charge is 0.237 e. The Balaban J connectivity index is 1.75. The molecule has 2 atom stereocenters. The van der Waals surface area contributed by atoms with Crippen LogP contribution in [0.2, 0.25) is 0 Å². The topological polar surface area (TPSA) is 61.4 Å². The second-order valence-electron chi connectivity index (χ2n) is 6.58. The van der Waals surface area contributed by atoms with E-state index < -0.39 is 0 Å². The summed E-state index contributed by atoms with van der Waals surface area (Å²) in [6.07, 6.45) is 3.26. The van der Waals surface area contributed by atoms with Crippen molar-refractivity contribution in [2.45, 2.75) is 38.3 Å². The molecule has 0 spiro atoms. The van der Waals surface area contributed by atoms with Crippen LogP contribution < -0.4 is 10.6 Å². The lowest BCUT2D eigenvalue weighted by molar-refractivity contribution is -0.127. The highest BCUT2D eigenvalue weighted by Crippen LogP contribution is 2.26. The van der Waals surface area contributed by atoms with Crippen LogP contribution in [0.15, 0.2) is 24.3 Å². The molecule has 0 aliphatic carbocycles. The van der Waals surface area contributed by atoms with Gasteiger partial charge in [0.15, 0.2) is 0 Å². The average molecular weight is 315 g/mol. The monoisotopic (exact) mass is 315 g/mol. The summed E-state index contributed by atoms with van der Waals surface area (Å²) >= 11 is 0. The van der Waals surface area contributed by atoms with Crippen LogP contribution in [0.4, 0.5) is 0 Å². The SMILES string of the molecule is CNC(=O)[C@@H]1Cc2ccccc2CN1CC1CCNC(=O)CC1. The highest BCUT2D eigenvalue weighted by Gasteiger charge is 2.32. The second kappa shape index (κ2) is 7.13. The zero-order valence-electron chi connectivity index (χ0n) is 13.7. The van der Waals surface area contributed by atoms with Crippen LogP contribution in [0, 0.1) is 5.92 Å². The van der Waals surface area contributed by atoms with Crippen LogP contribution >= 0.6 is 0 Å². The zero-order chi connectivity index (χ0) is 16.2. The molecular formula is C18H25N3O2. The van der Waals surface area contributed by atoms with E-state index in [0.29, 0.717) is 12.3 Å². The third kappa shape index (κ3) is 3.72. The normalized spacial score (nSPS) is 25.2. The van der Waals surface area contributed by atoms with E-state index in [9.17, 15) is 9.59 Å². The number of nitrogens with zero attached hydrogens (tertiary/aromatic N) is 1. The predicted molar refractivity (Wildman–Crippen MR) is 88.8 cm³/mol. The van der Waals surface area contributed by atoms with Gasteiger partial charge < -0.3 is 10.6 Å². The van der Waals surface area contributed by atoms with Gasteiger partial charge in [0.1, 0.15) is 0 Å². The quantitative estimate of drug-likeness (QED) is 0.877. The first-order valence-electron chi connectivity index (χ1n) is 8.46. The van der Waals surface area contributed by atoms with E-state index >= 15 is 0 Å². The molecule has 2 N–H and O–H groups in total. The van der Waals surface area contributed by atoms with Crippen LogP contribution in [0.1, 0.15) is 30.4 Å². The van der Waals surface area contributed by atoms with Crippen LogP contribution in [0.25, 0.3) is 0 Å². The minimum absolute atomic E-state index is 0.0855. The standard InChI is InChI=1S/C18H25N3O2/c1-19-18(23)16-10-14-4-2-3-5-15(14)12-21(16)11-13-6-7-17(22)20-9-8-13/h2-5,13,16H,6-12H2,1H3,(H,19,23)(H,20,22)/t13?,16-/m0/s1. The molecule has 23 heavy (non-hydrogen) atoms. The molecule has 5 heteroatoms. The van der Waals surface area contributed by atoms with Gasteiger partial charge in [0.25, 0.3) is 0 Å². The Hall–Kier alpha value is -1.88. The summed E-state index contributed by atoms with van der Waals surface area (Å²) in [5, 5.41) is 5.74. The number of benzene rings is 1. The molecule has 0 saturated carbocycles. The van der Waals surface area contributed by atoms with E-state index in [1.54, 1.807) is 7.05 Å². The minimum Gasteiger partial charge on any atom is -0.358 e. The summed E-state index contributed by atoms with van der Waals surface area (Å²) in [4.78, 5) is 26.1. The molecule has 0 aromatic heterocycles. The lowest BCUT2D eigenvalue weighted by Crippen LogP contribution is -2.50. The largest absolute Gasteiger partial charge is 0.358 e. The Morgan fingerprint density at radius 2 is 2.09 bits per heavy atom. The van der Waals surface area contributed by atoms with E-state index in [0.717, 1.165) is 38.9 Å². The summed E-state index contributed by atoms with van der Waals surface area (Å²) in [5.41, 5.74) is 2.59. The molecule has 1 aromatic rings. The molecule has 124 valence electrons. The van der Waals surface area contributed by atoms with Gasteiger partial charge in [-0.25, -0.2) is 0 Å². The van der Waals surface area contributed by atoms with E-state index in [-0.39, 0.29) is 17.9 Å². The van der Waals surface area contributed by atoms with Gasteiger partial charge in [-0.3, -0.25) is 14.5 Å². The maximum absolute atomic E-state index is 12.3. The first-order valence-corrected chi connectivity index (χ1v) is 8.46. The summed E-state index contributed by atoms with van der Waals surface area (Å²) in [6, 6.07) is 8.27. The molecule has 1 saturated heterocycles. The molecule has 2 aliphatic heterocycles. The fourth-order valence-electron chi connectivity index (χ4n) is 3.69. The van der Waals surface area contributed by atoms with Gasteiger partial charge in [0, 0.05) is 33.1 Å². The highest BCUT2D eigenvalue weighted by atomic mass is 16.2. The number of nitrogens with one attached hydrogen (secondary N) is 2. The van der Waals surface area contributed by atoms with Crippen molar-refractivity contribution < 1.29 is 9.59 Å². The molecule has 2 aliphatic rings. The zero-order valence-corrected chi connectivity index (χ0v) is 13.7. The average Bonchev–Trinajstić information content (AvgIpc) is 2.78. The van der Waals surface area contributed by atoms with Gasteiger partial charge in [0.2, 0.25) is 11.8 Å². The molecule has 3 rings (SSSR count). The molecular weight excluding hydrogens is 290 g/mol. The fraction of sp³-hybridized carbons (Fsp3) is 0.556. The third-order valence-corrected chi connectivity index (χ3v) is 5.04. The van der Waals surface area contributed by atoms with Gasteiger partial charge in [-0.2, -0.15) is 0 Å². The Labute approximate surface area is 137 Å². The number of likely N-dealkylation sites (N-methyl/N-ethyl adjacent to an activating group) is 1. The maximum atomic E-state index is 12.3. The first kappa shape index (κ1) is 16.0. The van der Waals surface area contributed by atoms with Crippen LogP contribution in [0.5, 0.6) is 0 Å². The summed E-state index contributed by atoms with van der Waals surface area (Å²) in [7, 11) is 1.70. The van der Waals surface area contributed by atoms with Crippen molar-refractivity contribution in [2.24, 2.45) is 5.92 Å². The summed E-state index contributed by atoms with van der Waals surface area (Å²) < 4.78 is 0. The number of carbonyl (C=O) groups is 2. The lowest BCUT2D eigenvalue weighted by atomic mass is 9.91. The van der Waals surface area contributed by atoms with Crippen LogP contribution in [-0.2, 0) is 22.6 Å². The Morgan fingerprint density at radius 3 is 2.87 bits per heavy atom. The van der Waals surface area contributed by atoms with Crippen LogP contribution in [0.3, 0.4) is 0 Å². The number of fused-ring (bicyclic) bond motifs is 1. The molecule has 1 unspecified atom stereocenters. The third-order valence-electron chi connectivity index (χ3n) is 5.04. The maximum Gasteiger partial charge on any atom is 0.237 e. The Bertz CT molecular complexity index is 587. The van der Waals surface area contributed by atoms with Crippen molar-refractivity contribution in [3.63, 3.8) is 0 Å². The molecule has 2 heterocycles. The van der Waals surface area contributed by atoms with Gasteiger partial charge in [-0.05, 0) is 36.3 Å². The molecule has 1 aromatic carbocycles. The van der Waals surface area contributed by atoms with Crippen molar-refractivity contribution in [2.75, 3.05) is 20.1 Å². The van der Waals surface area contributed by atoms with Gasteiger partial charge in [-0.1, -0.05) is 24.3 Å². The second-order valence-corrected chi connectivity index (χ2v) is 6.58. The number of carbonyl (C=O) groups excluding carboxylic acids is 2. The van der Waals surface area contributed by atoms with Crippen LogP contribution in [-0.4, -0.2) is 42.9 Å². The Kier molecular flexibility index (Phi) is 4.96. The highest BCUT2D eigenvalue weighted by molar-refractivity contribution is 5.82. The van der Waals surface area contributed by atoms with Crippen molar-refractivity contribution in [3.8, 4) is 0 Å². The van der Waals surface area contributed by atoms with E-state index in [4.69, 9.17) is 0 Å².